The summed E-state index contributed by atoms with van der Waals surface area (Å²) in [5.74, 6) is -1.26. The van der Waals surface area contributed by atoms with E-state index in [1.165, 1.54) is 4.90 Å². The monoisotopic (exact) mass is 375 g/mol. The van der Waals surface area contributed by atoms with Crippen LogP contribution in [-0.2, 0) is 15.7 Å². The predicted molar refractivity (Wildman–Crippen MR) is 85.8 cm³/mol. The van der Waals surface area contributed by atoms with Gasteiger partial charge in [0, 0.05) is 19.3 Å². The van der Waals surface area contributed by atoms with Gasteiger partial charge in [0.05, 0.1) is 12.1 Å². The quantitative estimate of drug-likeness (QED) is 0.856. The molecule has 0 spiro atoms. The van der Waals surface area contributed by atoms with Crippen molar-refractivity contribution in [2.24, 2.45) is 0 Å². The van der Waals surface area contributed by atoms with Gasteiger partial charge in [0.2, 0.25) is 0 Å². The zero-order chi connectivity index (χ0) is 19.7. The Kier molecular flexibility index (Phi) is 5.33. The normalized spacial score (nSPS) is 18.6. The third kappa shape index (κ3) is 4.77. The standard InChI is InChI=1S/C16H20F3N3O4/c1-15(2,3)26-14(25)22-7-6-21(9-11(22)13(23)24)12-8-10(4-5-20-12)16(17,18)19/h4-5,8,11H,6-7,9H2,1-3H3,(H,23,24). The molecule has 1 unspecified atom stereocenters. The van der Waals surface area contributed by atoms with E-state index in [1.54, 1.807) is 20.8 Å². The lowest BCUT2D eigenvalue weighted by Crippen LogP contribution is -2.59. The Morgan fingerprint density at radius 3 is 2.46 bits per heavy atom. The van der Waals surface area contributed by atoms with Crippen LogP contribution in [0.1, 0.15) is 26.3 Å². The lowest BCUT2D eigenvalue weighted by atomic mass is 10.1. The van der Waals surface area contributed by atoms with Crippen molar-refractivity contribution in [3.05, 3.63) is 23.9 Å². The van der Waals surface area contributed by atoms with E-state index in [4.69, 9.17) is 4.74 Å². The van der Waals surface area contributed by atoms with Crippen molar-refractivity contribution in [1.82, 2.24) is 9.88 Å². The molecule has 1 amide bonds. The van der Waals surface area contributed by atoms with Crippen molar-refractivity contribution in [3.63, 3.8) is 0 Å². The third-order valence-corrected chi connectivity index (χ3v) is 3.69. The van der Waals surface area contributed by atoms with E-state index in [1.807, 2.05) is 0 Å². The number of hydrogen-bond donors (Lipinski definition) is 1. The second-order valence-corrected chi connectivity index (χ2v) is 6.87. The van der Waals surface area contributed by atoms with Crippen LogP contribution in [0.2, 0.25) is 0 Å². The maximum absolute atomic E-state index is 12.9. The Balaban J connectivity index is 2.20. The van der Waals surface area contributed by atoms with E-state index in [0.717, 1.165) is 23.2 Å². The molecule has 1 fully saturated rings. The van der Waals surface area contributed by atoms with Crippen molar-refractivity contribution in [3.8, 4) is 0 Å². The summed E-state index contributed by atoms with van der Waals surface area (Å²) >= 11 is 0. The highest BCUT2D eigenvalue weighted by Crippen LogP contribution is 2.31. The largest absolute Gasteiger partial charge is 0.480 e. The first kappa shape index (κ1) is 19.8. The second-order valence-electron chi connectivity index (χ2n) is 6.87. The molecule has 1 aliphatic heterocycles. The van der Waals surface area contributed by atoms with Gasteiger partial charge in [-0.25, -0.2) is 14.6 Å². The summed E-state index contributed by atoms with van der Waals surface area (Å²) in [4.78, 5) is 30.2. The molecule has 0 saturated carbocycles. The Morgan fingerprint density at radius 2 is 1.92 bits per heavy atom. The van der Waals surface area contributed by atoms with Crippen LogP contribution < -0.4 is 4.90 Å². The summed E-state index contributed by atoms with van der Waals surface area (Å²) in [7, 11) is 0. The van der Waals surface area contributed by atoms with Crippen LogP contribution in [-0.4, -0.2) is 58.3 Å². The smallest absolute Gasteiger partial charge is 0.416 e. The van der Waals surface area contributed by atoms with Gasteiger partial charge in [-0.05, 0) is 32.9 Å². The maximum atomic E-state index is 12.9. The van der Waals surface area contributed by atoms with Gasteiger partial charge in [-0.3, -0.25) is 4.90 Å². The number of aliphatic carboxylic acids is 1. The Labute approximate surface area is 148 Å². The number of anilines is 1. The van der Waals surface area contributed by atoms with Gasteiger partial charge >= 0.3 is 18.2 Å². The molecule has 0 aromatic carbocycles. The first-order chi connectivity index (χ1) is 11.9. The number of rotatable bonds is 2. The fourth-order valence-corrected chi connectivity index (χ4v) is 2.51. The molecule has 2 heterocycles. The number of ether oxygens (including phenoxy) is 1. The summed E-state index contributed by atoms with van der Waals surface area (Å²) in [6.07, 6.45) is -4.28. The molecule has 2 rings (SSSR count). The summed E-state index contributed by atoms with van der Waals surface area (Å²) < 4.78 is 43.8. The number of piperazine rings is 1. The van der Waals surface area contributed by atoms with Crippen molar-refractivity contribution >= 4 is 17.9 Å². The second kappa shape index (κ2) is 7.00. The summed E-state index contributed by atoms with van der Waals surface area (Å²) in [5, 5.41) is 9.43. The van der Waals surface area contributed by atoms with Crippen molar-refractivity contribution in [1.29, 1.82) is 0 Å². The number of carboxylic acids is 1. The van der Waals surface area contributed by atoms with Gasteiger partial charge in [-0.15, -0.1) is 0 Å². The van der Waals surface area contributed by atoms with Crippen molar-refractivity contribution in [2.75, 3.05) is 24.5 Å². The molecule has 10 heteroatoms. The highest BCUT2D eigenvalue weighted by Gasteiger charge is 2.38. The lowest BCUT2D eigenvalue weighted by molar-refractivity contribution is -0.143. The fraction of sp³-hybridized carbons (Fsp3) is 0.562. The molecule has 144 valence electrons. The highest BCUT2D eigenvalue weighted by molar-refractivity contribution is 5.81. The number of carbonyl (C=O) groups is 2. The summed E-state index contributed by atoms with van der Waals surface area (Å²) in [6.45, 7) is 4.90. The maximum Gasteiger partial charge on any atom is 0.416 e. The molecular weight excluding hydrogens is 355 g/mol. The average molecular weight is 375 g/mol. The Morgan fingerprint density at radius 1 is 1.27 bits per heavy atom. The van der Waals surface area contributed by atoms with Gasteiger partial charge < -0.3 is 14.7 Å². The first-order valence-corrected chi connectivity index (χ1v) is 7.89. The molecule has 1 aromatic heterocycles. The van der Waals surface area contributed by atoms with Crippen molar-refractivity contribution < 1.29 is 32.6 Å². The third-order valence-electron chi connectivity index (χ3n) is 3.69. The van der Waals surface area contributed by atoms with Crippen LogP contribution >= 0.6 is 0 Å². The molecule has 1 atom stereocenters. The number of pyridine rings is 1. The van der Waals surface area contributed by atoms with Crippen LogP contribution in [0.5, 0.6) is 0 Å². The molecular formula is C16H20F3N3O4. The van der Waals surface area contributed by atoms with E-state index in [2.05, 4.69) is 4.98 Å². The van der Waals surface area contributed by atoms with Gasteiger partial charge in [0.15, 0.2) is 0 Å². The zero-order valence-electron chi connectivity index (χ0n) is 14.6. The highest BCUT2D eigenvalue weighted by atomic mass is 19.4. The molecule has 1 aromatic rings. The predicted octanol–water partition coefficient (Wildman–Crippen LogP) is 2.61. The van der Waals surface area contributed by atoms with Crippen LogP contribution in [0.25, 0.3) is 0 Å². The summed E-state index contributed by atoms with van der Waals surface area (Å²) in [6, 6.07) is 0.451. The minimum Gasteiger partial charge on any atom is -0.480 e. The molecule has 7 nitrogen and oxygen atoms in total. The van der Waals surface area contributed by atoms with E-state index in [0.29, 0.717) is 0 Å². The molecule has 0 bridgehead atoms. The molecule has 1 saturated heterocycles. The Hall–Kier alpha value is -2.52. The van der Waals surface area contributed by atoms with Gasteiger partial charge in [-0.1, -0.05) is 0 Å². The van der Waals surface area contributed by atoms with E-state index in [-0.39, 0.29) is 25.5 Å². The first-order valence-electron chi connectivity index (χ1n) is 7.89. The minimum absolute atomic E-state index is 0.00918. The number of carbonyl (C=O) groups excluding carboxylic acids is 1. The van der Waals surface area contributed by atoms with Gasteiger partial charge in [0.25, 0.3) is 0 Å². The number of alkyl halides is 3. The number of hydrogen-bond acceptors (Lipinski definition) is 5. The molecule has 1 N–H and O–H groups in total. The van der Waals surface area contributed by atoms with E-state index >= 15 is 0 Å². The van der Waals surface area contributed by atoms with Crippen LogP contribution in [0, 0.1) is 0 Å². The summed E-state index contributed by atoms with van der Waals surface area (Å²) in [5.41, 5.74) is -1.66. The molecule has 0 radical (unpaired) electrons. The van der Waals surface area contributed by atoms with Gasteiger partial charge in [0.1, 0.15) is 17.5 Å². The number of amides is 1. The molecule has 1 aliphatic rings. The number of aromatic nitrogens is 1. The lowest BCUT2D eigenvalue weighted by Gasteiger charge is -2.40. The molecule has 0 aliphatic carbocycles. The average Bonchev–Trinajstić information content (AvgIpc) is 2.52. The minimum atomic E-state index is -4.53. The topological polar surface area (TPSA) is 83.0 Å². The number of halogens is 3. The van der Waals surface area contributed by atoms with Crippen LogP contribution in [0.15, 0.2) is 18.3 Å². The SMILES string of the molecule is CC(C)(C)OC(=O)N1CCN(c2cc(C(F)(F)F)ccn2)CC1C(=O)O. The van der Waals surface area contributed by atoms with Crippen LogP contribution in [0.3, 0.4) is 0 Å². The Bertz CT molecular complexity index is 688. The number of nitrogens with zero attached hydrogens (tertiary/aromatic N) is 3. The van der Waals surface area contributed by atoms with E-state index in [9.17, 15) is 27.9 Å². The fourth-order valence-electron chi connectivity index (χ4n) is 2.51. The molecule has 26 heavy (non-hydrogen) atoms. The van der Waals surface area contributed by atoms with Crippen molar-refractivity contribution in [2.45, 2.75) is 38.6 Å². The zero-order valence-corrected chi connectivity index (χ0v) is 14.6. The number of carboxylic acid groups (broad SMARTS) is 1. The van der Waals surface area contributed by atoms with Crippen LogP contribution in [0.4, 0.5) is 23.8 Å². The van der Waals surface area contributed by atoms with Gasteiger partial charge in [-0.2, -0.15) is 13.2 Å². The van der Waals surface area contributed by atoms with E-state index < -0.39 is 35.4 Å².